The lowest BCUT2D eigenvalue weighted by molar-refractivity contribution is -0.152. The van der Waals surface area contributed by atoms with Crippen molar-refractivity contribution in [3.05, 3.63) is 172 Å². The molecule has 5 rings (SSSR count). The van der Waals surface area contributed by atoms with E-state index in [9.17, 15) is 28.0 Å². The maximum atomic E-state index is 14.5. The zero-order chi connectivity index (χ0) is 42.1. The first-order valence-corrected chi connectivity index (χ1v) is 19.7. The van der Waals surface area contributed by atoms with E-state index in [2.05, 4.69) is 10.6 Å². The Balaban J connectivity index is 1.37. The van der Waals surface area contributed by atoms with Crippen molar-refractivity contribution in [2.75, 3.05) is 19.6 Å². The summed E-state index contributed by atoms with van der Waals surface area (Å²) < 4.78 is 40.5. The number of nitrogens with two attached hydrogens (primary N) is 1. The molecule has 0 radical (unpaired) electrons. The normalized spacial score (nSPS) is 12.5. The van der Waals surface area contributed by atoms with Crippen molar-refractivity contribution in [2.24, 2.45) is 5.73 Å². The van der Waals surface area contributed by atoms with Crippen LogP contribution in [0.4, 0.5) is 8.78 Å². The summed E-state index contributed by atoms with van der Waals surface area (Å²) in [6.07, 6.45) is 0.407. The van der Waals surface area contributed by atoms with Crippen LogP contribution in [0.25, 0.3) is 0 Å². The molecule has 2 amide bonds. The molecule has 0 fully saturated rings. The van der Waals surface area contributed by atoms with E-state index in [0.29, 0.717) is 42.1 Å². The lowest BCUT2D eigenvalue weighted by Gasteiger charge is -2.30. The van der Waals surface area contributed by atoms with Crippen molar-refractivity contribution >= 4 is 23.8 Å². The number of carbonyl (C=O) groups is 4. The predicted octanol–water partition coefficient (Wildman–Crippen LogP) is 7.06. The van der Waals surface area contributed by atoms with Crippen LogP contribution in [0.3, 0.4) is 0 Å². The van der Waals surface area contributed by atoms with Crippen molar-refractivity contribution in [3.63, 3.8) is 0 Å². The van der Waals surface area contributed by atoms with Crippen LogP contribution in [0, 0.1) is 11.6 Å². The third-order valence-electron chi connectivity index (χ3n) is 9.48. The van der Waals surface area contributed by atoms with Crippen LogP contribution in [0.5, 0.6) is 5.75 Å². The van der Waals surface area contributed by atoms with Gasteiger partial charge in [0.05, 0.1) is 11.6 Å². The quantitative estimate of drug-likeness (QED) is 0.0562. The van der Waals surface area contributed by atoms with Crippen LogP contribution >= 0.6 is 0 Å². The molecule has 0 bridgehead atoms. The molecule has 3 atom stereocenters. The summed E-state index contributed by atoms with van der Waals surface area (Å²) in [5.74, 6) is -3.38. The van der Waals surface area contributed by atoms with E-state index >= 15 is 0 Å². The molecule has 0 saturated heterocycles. The van der Waals surface area contributed by atoms with Crippen molar-refractivity contribution in [2.45, 2.75) is 64.3 Å². The summed E-state index contributed by atoms with van der Waals surface area (Å²) in [7, 11) is 0. The summed E-state index contributed by atoms with van der Waals surface area (Å²) >= 11 is 0. The number of ether oxygens (including phenoxy) is 2. The molecule has 0 spiro atoms. The van der Waals surface area contributed by atoms with Crippen molar-refractivity contribution in [1.29, 1.82) is 0 Å². The lowest BCUT2D eigenvalue weighted by atomic mass is 9.99. The second-order valence-corrected chi connectivity index (χ2v) is 14.2. The van der Waals surface area contributed by atoms with E-state index in [1.807, 2.05) is 44.2 Å². The van der Waals surface area contributed by atoms with Gasteiger partial charge in [-0.2, -0.15) is 0 Å². The first-order valence-electron chi connectivity index (χ1n) is 19.7. The molecular formula is C47H50F2N4O6. The summed E-state index contributed by atoms with van der Waals surface area (Å²) in [5, 5.41) is 6.22. The molecule has 0 aliphatic heterocycles. The number of hydrogen-bond donors (Lipinski definition) is 3. The smallest absolute Gasteiger partial charge is 0.343 e. The molecule has 0 heterocycles. The van der Waals surface area contributed by atoms with Crippen LogP contribution in [0.1, 0.15) is 74.5 Å². The SMILES string of the molecule is CCCN(CCC)C(=O)c1cccc(C(=O)NC(Cc2cc(F)cc(F)c2)C(CNCc2ccccc2)OC(=O)C(N)Cc2ccc(OC(=O)c3ccccc3)cc2)c1. The first-order chi connectivity index (χ1) is 28.5. The number of halogens is 2. The maximum absolute atomic E-state index is 14.5. The number of amides is 2. The highest BCUT2D eigenvalue weighted by Gasteiger charge is 2.30. The summed E-state index contributed by atoms with van der Waals surface area (Å²) in [4.78, 5) is 55.4. The fraction of sp³-hybridized carbons (Fsp3) is 0.277. The fourth-order valence-electron chi connectivity index (χ4n) is 6.57. The molecule has 308 valence electrons. The Morgan fingerprint density at radius 2 is 1.29 bits per heavy atom. The van der Waals surface area contributed by atoms with Gasteiger partial charge in [-0.15, -0.1) is 0 Å². The third kappa shape index (κ3) is 13.4. The number of carbonyl (C=O) groups excluding carboxylic acids is 4. The minimum absolute atomic E-state index is 0.0269. The Bertz CT molecular complexity index is 2130. The Morgan fingerprint density at radius 1 is 0.678 bits per heavy atom. The van der Waals surface area contributed by atoms with Gasteiger partial charge in [0.1, 0.15) is 29.5 Å². The molecule has 0 aliphatic carbocycles. The average molecular weight is 805 g/mol. The fourth-order valence-corrected chi connectivity index (χ4v) is 6.57. The third-order valence-corrected chi connectivity index (χ3v) is 9.48. The van der Waals surface area contributed by atoms with Gasteiger partial charge in [-0.1, -0.05) is 80.6 Å². The zero-order valence-electron chi connectivity index (χ0n) is 33.2. The summed E-state index contributed by atoms with van der Waals surface area (Å²) in [6, 6.07) is 31.9. The Hall–Kier alpha value is -6.24. The molecule has 5 aromatic carbocycles. The van der Waals surface area contributed by atoms with Gasteiger partial charge >= 0.3 is 11.9 Å². The van der Waals surface area contributed by atoms with E-state index in [4.69, 9.17) is 15.2 Å². The second kappa shape index (κ2) is 22.1. The van der Waals surface area contributed by atoms with Gasteiger partial charge in [0, 0.05) is 43.4 Å². The van der Waals surface area contributed by atoms with Gasteiger partial charge in [0.15, 0.2) is 0 Å². The van der Waals surface area contributed by atoms with Crippen molar-refractivity contribution in [3.8, 4) is 5.75 Å². The molecule has 3 unspecified atom stereocenters. The molecule has 0 aliphatic rings. The molecule has 12 heteroatoms. The highest BCUT2D eigenvalue weighted by molar-refractivity contribution is 6.00. The topological polar surface area (TPSA) is 140 Å². The molecule has 59 heavy (non-hydrogen) atoms. The van der Waals surface area contributed by atoms with Crippen LogP contribution in [0.15, 0.2) is 127 Å². The number of nitrogens with zero attached hydrogens (tertiary/aromatic N) is 1. The van der Waals surface area contributed by atoms with Crippen LogP contribution in [0.2, 0.25) is 0 Å². The number of hydrogen-bond acceptors (Lipinski definition) is 8. The van der Waals surface area contributed by atoms with Gasteiger partial charge in [0.25, 0.3) is 11.8 Å². The minimum atomic E-state index is -1.15. The van der Waals surface area contributed by atoms with Gasteiger partial charge < -0.3 is 30.7 Å². The van der Waals surface area contributed by atoms with Crippen molar-refractivity contribution in [1.82, 2.24) is 15.5 Å². The monoisotopic (exact) mass is 804 g/mol. The van der Waals surface area contributed by atoms with Gasteiger partial charge in [-0.25, -0.2) is 13.6 Å². The zero-order valence-corrected chi connectivity index (χ0v) is 33.2. The summed E-state index contributed by atoms with van der Waals surface area (Å²) in [5.41, 5.74) is 9.15. The van der Waals surface area contributed by atoms with Crippen LogP contribution < -0.4 is 21.1 Å². The Kier molecular flexibility index (Phi) is 16.4. The molecule has 4 N–H and O–H groups in total. The first kappa shape index (κ1) is 43.9. The van der Waals surface area contributed by atoms with Crippen molar-refractivity contribution < 1.29 is 37.4 Å². The van der Waals surface area contributed by atoms with E-state index in [0.717, 1.165) is 36.6 Å². The number of benzene rings is 5. The largest absolute Gasteiger partial charge is 0.458 e. The Labute approximate surface area is 343 Å². The molecular weight excluding hydrogens is 755 g/mol. The Morgan fingerprint density at radius 3 is 1.93 bits per heavy atom. The highest BCUT2D eigenvalue weighted by Crippen LogP contribution is 2.19. The van der Waals surface area contributed by atoms with Gasteiger partial charge in [0.2, 0.25) is 0 Å². The van der Waals surface area contributed by atoms with E-state index in [1.54, 1.807) is 77.7 Å². The molecule has 0 aromatic heterocycles. The summed E-state index contributed by atoms with van der Waals surface area (Å²) in [6.45, 7) is 5.51. The number of rotatable bonds is 20. The lowest BCUT2D eigenvalue weighted by Crippen LogP contribution is -2.52. The van der Waals surface area contributed by atoms with E-state index in [-0.39, 0.29) is 36.4 Å². The standard InChI is InChI=1S/C47H50F2N4O6/c1-3-22-53(23-4-2)45(55)37-17-11-16-36(28-37)44(54)52-42(27-34-24-38(48)29-39(49)25-34)43(31-51-30-33-12-7-5-8-13-33)59-47(57)41(50)26-32-18-20-40(21-19-32)58-46(56)35-14-9-6-10-15-35/h5-21,24-25,28-29,41-43,51H,3-4,22-23,26-27,30-31,50H2,1-2H3,(H,52,54). The molecule has 10 nitrogen and oxygen atoms in total. The van der Waals surface area contributed by atoms with Gasteiger partial charge in [-0.05, 0) is 97.0 Å². The van der Waals surface area contributed by atoms with E-state index in [1.165, 1.54) is 6.07 Å². The van der Waals surface area contributed by atoms with Crippen LogP contribution in [-0.4, -0.2) is 66.5 Å². The number of esters is 2. The predicted molar refractivity (Wildman–Crippen MR) is 222 cm³/mol. The highest BCUT2D eigenvalue weighted by atomic mass is 19.1. The number of nitrogens with one attached hydrogen (secondary N) is 2. The maximum Gasteiger partial charge on any atom is 0.343 e. The molecule has 5 aromatic rings. The minimum Gasteiger partial charge on any atom is -0.458 e. The van der Waals surface area contributed by atoms with Crippen LogP contribution in [-0.2, 0) is 28.9 Å². The average Bonchev–Trinajstić information content (AvgIpc) is 3.23. The second-order valence-electron chi connectivity index (χ2n) is 14.2. The molecule has 0 saturated carbocycles. The van der Waals surface area contributed by atoms with Gasteiger partial charge in [-0.3, -0.25) is 14.4 Å². The van der Waals surface area contributed by atoms with E-state index < -0.39 is 47.7 Å².